The van der Waals surface area contributed by atoms with Gasteiger partial charge in [-0.05, 0) is 30.7 Å². The van der Waals surface area contributed by atoms with Crippen molar-refractivity contribution in [2.45, 2.75) is 44.6 Å². The lowest BCUT2D eigenvalue weighted by Gasteiger charge is -2.26. The minimum absolute atomic E-state index is 0.157. The molecule has 0 spiro atoms. The van der Waals surface area contributed by atoms with Crippen LogP contribution in [0.15, 0.2) is 24.3 Å². The SMILES string of the molecule is CCCCC(F)(F)C(F)(F)C(=O)[O-].N#[N+]Cc1ccc(Cl)cc1. The number of halogens is 5. The Morgan fingerprint density at radius 1 is 1.26 bits per heavy atom. The van der Waals surface area contributed by atoms with Crippen molar-refractivity contribution in [3.05, 3.63) is 39.8 Å². The number of carboxylic acid groups (broad SMARTS) is 1. The molecule has 0 saturated heterocycles. The van der Waals surface area contributed by atoms with Crippen molar-refractivity contribution in [3.63, 3.8) is 0 Å². The van der Waals surface area contributed by atoms with E-state index >= 15 is 0 Å². The smallest absolute Gasteiger partial charge is 0.349 e. The molecule has 4 nitrogen and oxygen atoms in total. The molecule has 0 unspecified atom stereocenters. The molecule has 0 N–H and O–H groups in total. The molecule has 0 aliphatic heterocycles. The number of rotatable bonds is 6. The van der Waals surface area contributed by atoms with Crippen molar-refractivity contribution in [2.75, 3.05) is 0 Å². The van der Waals surface area contributed by atoms with Gasteiger partial charge in [-0.1, -0.05) is 24.9 Å². The summed E-state index contributed by atoms with van der Waals surface area (Å²) < 4.78 is 49.4. The summed E-state index contributed by atoms with van der Waals surface area (Å²) in [6, 6.07) is 7.17. The van der Waals surface area contributed by atoms with Gasteiger partial charge in [0.2, 0.25) is 5.39 Å². The van der Waals surface area contributed by atoms with E-state index in [-0.39, 0.29) is 6.42 Å². The average Bonchev–Trinajstić information content (AvgIpc) is 2.48. The summed E-state index contributed by atoms with van der Waals surface area (Å²) in [6.07, 6.45) is -1.01. The first-order chi connectivity index (χ1) is 10.6. The Morgan fingerprint density at radius 3 is 2.17 bits per heavy atom. The molecule has 9 heteroatoms. The Kier molecular flexibility index (Phi) is 8.54. The zero-order valence-electron chi connectivity index (χ0n) is 12.2. The number of hydrogen-bond acceptors (Lipinski definition) is 3. The average molecular weight is 355 g/mol. The Balaban J connectivity index is 0.000000433. The van der Waals surface area contributed by atoms with Gasteiger partial charge in [0.15, 0.2) is 0 Å². The number of alkyl halides is 4. The van der Waals surface area contributed by atoms with Crippen LogP contribution in [0, 0.1) is 5.39 Å². The molecule has 1 aromatic carbocycles. The highest BCUT2D eigenvalue weighted by atomic mass is 35.5. The van der Waals surface area contributed by atoms with Crippen LogP contribution >= 0.6 is 11.6 Å². The van der Waals surface area contributed by atoms with Crippen LogP contribution in [0.1, 0.15) is 31.7 Å². The number of carbonyl (C=O) groups excluding carboxylic acids is 1. The third kappa shape index (κ3) is 6.82. The van der Waals surface area contributed by atoms with E-state index in [2.05, 4.69) is 4.98 Å². The number of hydrogen-bond donors (Lipinski definition) is 0. The topological polar surface area (TPSA) is 68.3 Å². The Bertz CT molecular complexity index is 545. The fourth-order valence-electron chi connectivity index (χ4n) is 1.38. The van der Waals surface area contributed by atoms with Crippen LogP contribution < -0.4 is 5.11 Å². The normalized spacial score (nSPS) is 11.2. The van der Waals surface area contributed by atoms with E-state index in [1.54, 1.807) is 12.1 Å². The number of unbranched alkanes of at least 4 members (excludes halogenated alkanes) is 1. The van der Waals surface area contributed by atoms with Crippen LogP contribution in [0.25, 0.3) is 4.98 Å². The minimum atomic E-state index is -5.08. The van der Waals surface area contributed by atoms with Crippen molar-refractivity contribution in [2.24, 2.45) is 0 Å². The van der Waals surface area contributed by atoms with E-state index in [9.17, 15) is 27.5 Å². The van der Waals surface area contributed by atoms with E-state index in [0.717, 1.165) is 5.56 Å². The Labute approximate surface area is 135 Å². The van der Waals surface area contributed by atoms with E-state index in [1.165, 1.54) is 6.92 Å². The predicted molar refractivity (Wildman–Crippen MR) is 74.7 cm³/mol. The van der Waals surface area contributed by atoms with E-state index in [0.29, 0.717) is 18.0 Å². The van der Waals surface area contributed by atoms with Gasteiger partial charge in [-0.15, -0.1) is 0 Å². The first-order valence-corrected chi connectivity index (χ1v) is 6.98. The fraction of sp³-hybridized carbons (Fsp3) is 0.500. The highest BCUT2D eigenvalue weighted by Crippen LogP contribution is 2.37. The van der Waals surface area contributed by atoms with Crippen LogP contribution in [0.3, 0.4) is 0 Å². The van der Waals surface area contributed by atoms with Gasteiger partial charge in [0.25, 0.3) is 0 Å². The summed E-state index contributed by atoms with van der Waals surface area (Å²) >= 11 is 5.62. The number of nitrogens with zero attached hydrogens (tertiary/aromatic N) is 2. The van der Waals surface area contributed by atoms with Crippen molar-refractivity contribution in [1.29, 1.82) is 5.39 Å². The molecule has 0 heterocycles. The van der Waals surface area contributed by atoms with Gasteiger partial charge in [-0.3, -0.25) is 0 Å². The second kappa shape index (κ2) is 9.30. The van der Waals surface area contributed by atoms with Gasteiger partial charge < -0.3 is 9.90 Å². The van der Waals surface area contributed by atoms with Crippen LogP contribution in [0.2, 0.25) is 5.02 Å². The van der Waals surface area contributed by atoms with Gasteiger partial charge in [0.1, 0.15) is 10.9 Å². The molecule has 1 aromatic rings. The number of carboxylic acids is 1. The van der Waals surface area contributed by atoms with Gasteiger partial charge in [0, 0.05) is 17.0 Å². The van der Waals surface area contributed by atoms with Gasteiger partial charge >= 0.3 is 18.4 Å². The molecular weight excluding hydrogens is 340 g/mol. The zero-order valence-corrected chi connectivity index (χ0v) is 13.0. The standard InChI is InChI=1S/C7H6ClN2.C7H10F4O2/c8-7-3-1-6(2-4-7)5-10-9;1-2-3-4-6(8,9)7(10,11)5(12)13/h1-4H,5H2;2-4H2,1H3,(H,12,13)/q+1;/p-1. The third-order valence-corrected chi connectivity index (χ3v) is 2.98. The van der Waals surface area contributed by atoms with Crippen LogP contribution in [0.4, 0.5) is 17.6 Å². The molecule has 0 saturated carbocycles. The van der Waals surface area contributed by atoms with E-state index in [1.807, 2.05) is 12.1 Å². The summed E-state index contributed by atoms with van der Waals surface area (Å²) in [7, 11) is 0. The Morgan fingerprint density at radius 2 is 1.78 bits per heavy atom. The second-order valence-electron chi connectivity index (χ2n) is 4.60. The lowest BCUT2D eigenvalue weighted by atomic mass is 10.1. The van der Waals surface area contributed by atoms with Crippen molar-refractivity contribution >= 4 is 17.6 Å². The van der Waals surface area contributed by atoms with Crippen molar-refractivity contribution < 1.29 is 27.5 Å². The molecule has 23 heavy (non-hydrogen) atoms. The summed E-state index contributed by atoms with van der Waals surface area (Å²) in [5.74, 6) is -12.6. The lowest BCUT2D eigenvalue weighted by molar-refractivity contribution is -0.348. The Hall–Kier alpha value is -1.88. The summed E-state index contributed by atoms with van der Waals surface area (Å²) in [6.45, 7) is 1.87. The number of carbonyl (C=O) groups is 1. The van der Waals surface area contributed by atoms with Crippen LogP contribution in [-0.4, -0.2) is 17.8 Å². The quantitative estimate of drug-likeness (QED) is 0.575. The summed E-state index contributed by atoms with van der Waals surface area (Å²) in [5.41, 5.74) is 0.951. The predicted octanol–water partition coefficient (Wildman–Crippen LogP) is 3.89. The molecule has 0 aliphatic carbocycles. The molecular formula is C14H15ClF4N2O2. The van der Waals surface area contributed by atoms with Gasteiger partial charge in [0.05, 0.1) is 0 Å². The van der Waals surface area contributed by atoms with Crippen LogP contribution in [-0.2, 0) is 11.3 Å². The maximum Gasteiger partial charge on any atom is 0.349 e. The zero-order chi connectivity index (χ0) is 18.1. The summed E-state index contributed by atoms with van der Waals surface area (Å²) in [4.78, 5) is 12.7. The van der Waals surface area contributed by atoms with Crippen molar-refractivity contribution in [1.82, 2.24) is 0 Å². The maximum absolute atomic E-state index is 12.5. The first-order valence-electron chi connectivity index (χ1n) is 6.60. The van der Waals surface area contributed by atoms with Gasteiger partial charge in [-0.25, -0.2) is 0 Å². The van der Waals surface area contributed by atoms with Gasteiger partial charge in [-0.2, -0.15) is 17.6 Å². The largest absolute Gasteiger partial charge is 0.544 e. The highest BCUT2D eigenvalue weighted by molar-refractivity contribution is 6.30. The molecule has 0 amide bonds. The molecule has 0 atom stereocenters. The molecule has 0 bridgehead atoms. The minimum Gasteiger partial charge on any atom is -0.544 e. The molecule has 0 radical (unpaired) electrons. The van der Waals surface area contributed by atoms with E-state index in [4.69, 9.17) is 17.0 Å². The fourth-order valence-corrected chi connectivity index (χ4v) is 1.50. The third-order valence-electron chi connectivity index (χ3n) is 2.73. The molecule has 1 rings (SSSR count). The molecule has 0 aliphatic rings. The van der Waals surface area contributed by atoms with E-state index < -0.39 is 24.2 Å². The number of diazo groups is 1. The first kappa shape index (κ1) is 21.1. The monoisotopic (exact) mass is 354 g/mol. The molecule has 0 fully saturated rings. The molecule has 128 valence electrons. The van der Waals surface area contributed by atoms with Crippen LogP contribution in [0.5, 0.6) is 0 Å². The molecule has 0 aromatic heterocycles. The highest BCUT2D eigenvalue weighted by Gasteiger charge is 2.56. The lowest BCUT2D eigenvalue weighted by Crippen LogP contribution is -2.53. The van der Waals surface area contributed by atoms with Crippen molar-refractivity contribution in [3.8, 4) is 0 Å². The number of aliphatic carboxylic acids is 1. The second-order valence-corrected chi connectivity index (χ2v) is 5.03. The maximum atomic E-state index is 12.5. The summed E-state index contributed by atoms with van der Waals surface area (Å²) in [5, 5.41) is 18.6. The number of benzene rings is 1.